The van der Waals surface area contributed by atoms with E-state index in [2.05, 4.69) is 15.4 Å². The first-order chi connectivity index (χ1) is 27.7. The Labute approximate surface area is 340 Å². The van der Waals surface area contributed by atoms with E-state index in [1.54, 1.807) is 14.0 Å². The molecule has 3 aliphatic heterocycles. The van der Waals surface area contributed by atoms with Crippen molar-refractivity contribution < 1.29 is 41.8 Å². The molecule has 58 heavy (non-hydrogen) atoms. The highest BCUT2D eigenvalue weighted by Gasteiger charge is 2.64. The van der Waals surface area contributed by atoms with Gasteiger partial charge < -0.3 is 29.7 Å². The quantitative estimate of drug-likeness (QED) is 0.295. The number of amides is 4. The molecule has 0 unspecified atom stereocenters. The molecule has 6 aliphatic rings. The molecule has 14 nitrogen and oxygen atoms in total. The number of ether oxygens (including phenoxy) is 3. The van der Waals surface area contributed by atoms with Gasteiger partial charge >= 0.3 is 6.09 Å². The average molecular weight is 820 g/mol. The van der Waals surface area contributed by atoms with Crippen molar-refractivity contribution in [1.29, 1.82) is 0 Å². The molecular formula is C43H57N5O9S. The monoisotopic (exact) mass is 819 g/mol. The number of benzene rings is 1. The highest BCUT2D eigenvalue weighted by atomic mass is 32.2. The number of alkyl carbamates (subject to hydrolysis) is 1. The molecule has 3 aliphatic carbocycles. The molecular weight excluding hydrogens is 763 g/mol. The Morgan fingerprint density at radius 3 is 2.57 bits per heavy atom. The molecule has 15 heteroatoms. The van der Waals surface area contributed by atoms with Gasteiger partial charge in [-0.05, 0) is 95.2 Å². The summed E-state index contributed by atoms with van der Waals surface area (Å²) >= 11 is 0. The fraction of sp³-hybridized carbons (Fsp3) is 0.651. The zero-order valence-electron chi connectivity index (χ0n) is 34.1. The molecule has 0 bridgehead atoms. The first-order valence-electron chi connectivity index (χ1n) is 21.2. The Morgan fingerprint density at radius 1 is 1.07 bits per heavy atom. The Morgan fingerprint density at radius 2 is 1.86 bits per heavy atom. The molecule has 4 amide bonds. The van der Waals surface area contributed by atoms with Crippen molar-refractivity contribution in [3.63, 3.8) is 0 Å². The number of methoxy groups -OCH3 is 1. The van der Waals surface area contributed by atoms with Gasteiger partial charge in [0.2, 0.25) is 21.8 Å². The molecule has 8 rings (SSSR count). The summed E-state index contributed by atoms with van der Waals surface area (Å²) in [5.74, 6) is -0.478. The maximum absolute atomic E-state index is 14.9. The lowest BCUT2D eigenvalue weighted by Crippen LogP contribution is -2.58. The Balaban J connectivity index is 1.15. The van der Waals surface area contributed by atoms with E-state index in [-0.39, 0.29) is 37.8 Å². The molecule has 5 atom stereocenters. The number of nitrogens with one attached hydrogen (secondary N) is 3. The number of carbonyl (C=O) groups excluding carboxylic acids is 4. The van der Waals surface area contributed by atoms with Crippen LogP contribution in [0.4, 0.5) is 4.79 Å². The van der Waals surface area contributed by atoms with Crippen LogP contribution in [0.2, 0.25) is 0 Å². The molecule has 3 N–H and O–H groups in total. The van der Waals surface area contributed by atoms with Gasteiger partial charge in [-0.15, -0.1) is 0 Å². The van der Waals surface area contributed by atoms with Crippen LogP contribution in [-0.2, 0) is 35.6 Å². The third-order valence-corrected chi connectivity index (χ3v) is 15.5. The second-order valence-electron chi connectivity index (χ2n) is 18.2. The van der Waals surface area contributed by atoms with Gasteiger partial charge in [-0.1, -0.05) is 45.3 Å². The van der Waals surface area contributed by atoms with E-state index in [9.17, 15) is 27.6 Å². The van der Waals surface area contributed by atoms with Crippen LogP contribution in [0.15, 0.2) is 30.4 Å². The predicted octanol–water partition coefficient (Wildman–Crippen LogP) is 5.32. The number of aryl methyl sites for hydroxylation is 1. The van der Waals surface area contributed by atoms with Crippen molar-refractivity contribution in [3.05, 3.63) is 41.6 Å². The Kier molecular flexibility index (Phi) is 10.7. The summed E-state index contributed by atoms with van der Waals surface area (Å²) in [5.41, 5.74) is 0.293. The minimum absolute atomic E-state index is 0.0676. The van der Waals surface area contributed by atoms with Crippen molar-refractivity contribution >= 4 is 44.7 Å². The van der Waals surface area contributed by atoms with Gasteiger partial charge in [0.25, 0.3) is 5.91 Å². The smallest absolute Gasteiger partial charge is 0.407 e. The van der Waals surface area contributed by atoms with Crippen molar-refractivity contribution in [2.45, 2.75) is 145 Å². The summed E-state index contributed by atoms with van der Waals surface area (Å²) in [5, 5.41) is 6.74. The number of carbonyl (C=O) groups is 4. The third kappa shape index (κ3) is 7.63. The highest BCUT2D eigenvalue weighted by molar-refractivity contribution is 7.91. The zero-order valence-corrected chi connectivity index (χ0v) is 34.9. The van der Waals surface area contributed by atoms with E-state index < -0.39 is 67.7 Å². The van der Waals surface area contributed by atoms with Crippen LogP contribution < -0.4 is 24.8 Å². The van der Waals surface area contributed by atoms with E-state index in [0.29, 0.717) is 56.4 Å². The minimum Gasteiger partial charge on any atom is -0.497 e. The summed E-state index contributed by atoms with van der Waals surface area (Å²) < 4.78 is 46.0. The standard InChI is InChI=1S/C43H57N5O9S/c1-26(2)24-56-40(52)45-33-14-9-7-5-6-8-13-28-22-43(28,39(51)47-58(53,54)41(3)19-20-41)46-37(49)34-23-42(25-48(34)38(33)50)18-17-30-31-21-29(55-4)15-16-32(31)44-35(36(30)57-42)27-11-10-12-27/h8,13,15-16,21,26-28,33-34H,5-7,9-12,14,17-20,22-25H2,1-4H3,(H,45,52)(H,46,49)(H,47,51)/b13-8-/t28-,33+,34+,42-,43-/m1/s1. The summed E-state index contributed by atoms with van der Waals surface area (Å²) in [6.45, 7) is 5.71. The van der Waals surface area contributed by atoms with E-state index in [1.165, 1.54) is 4.90 Å². The molecule has 314 valence electrons. The molecule has 1 saturated heterocycles. The molecule has 3 saturated carbocycles. The number of hydrogen-bond donors (Lipinski definition) is 3. The molecule has 0 radical (unpaired) electrons. The number of sulfonamides is 1. The number of rotatable bonds is 8. The van der Waals surface area contributed by atoms with E-state index in [0.717, 1.165) is 54.3 Å². The fourth-order valence-corrected chi connectivity index (χ4v) is 10.4. The number of aromatic nitrogens is 1. The number of fused-ring (bicyclic) bond motifs is 5. The Hall–Kier alpha value is -4.40. The third-order valence-electron chi connectivity index (χ3n) is 13.4. The lowest BCUT2D eigenvalue weighted by molar-refractivity contribution is -0.141. The largest absolute Gasteiger partial charge is 0.497 e. The van der Waals surface area contributed by atoms with Crippen molar-refractivity contribution in [2.24, 2.45) is 11.8 Å². The van der Waals surface area contributed by atoms with Crippen LogP contribution in [0.1, 0.15) is 121 Å². The van der Waals surface area contributed by atoms with E-state index in [1.807, 2.05) is 44.2 Å². The number of nitrogens with zero attached hydrogens (tertiary/aromatic N) is 2. The van der Waals surface area contributed by atoms with Crippen LogP contribution in [0, 0.1) is 11.8 Å². The molecule has 1 aromatic carbocycles. The van der Waals surface area contributed by atoms with Gasteiger partial charge in [-0.3, -0.25) is 19.1 Å². The van der Waals surface area contributed by atoms with Crippen molar-refractivity contribution in [1.82, 2.24) is 25.2 Å². The molecule has 4 fully saturated rings. The lowest BCUT2D eigenvalue weighted by atomic mass is 9.79. The van der Waals surface area contributed by atoms with Gasteiger partial charge in [-0.2, -0.15) is 0 Å². The van der Waals surface area contributed by atoms with Crippen molar-refractivity contribution in [3.8, 4) is 11.5 Å². The van der Waals surface area contributed by atoms with Crippen LogP contribution in [0.3, 0.4) is 0 Å². The molecule has 1 spiro atoms. The van der Waals surface area contributed by atoms with E-state index in [4.69, 9.17) is 19.2 Å². The minimum atomic E-state index is -3.99. The van der Waals surface area contributed by atoms with Gasteiger partial charge in [0.05, 0.1) is 36.2 Å². The summed E-state index contributed by atoms with van der Waals surface area (Å²) in [6, 6.07) is 3.80. The maximum Gasteiger partial charge on any atom is 0.407 e. The van der Waals surface area contributed by atoms with Crippen LogP contribution >= 0.6 is 0 Å². The first kappa shape index (κ1) is 40.4. The second kappa shape index (κ2) is 15.3. The number of pyridine rings is 1. The normalized spacial score (nSPS) is 30.0. The average Bonchev–Trinajstić information content (AvgIpc) is 4.06. The summed E-state index contributed by atoms with van der Waals surface area (Å²) in [6.07, 6.45) is 11.9. The second-order valence-corrected chi connectivity index (χ2v) is 20.4. The van der Waals surface area contributed by atoms with Gasteiger partial charge in [0, 0.05) is 29.2 Å². The number of allylic oxidation sites excluding steroid dienone is 1. The van der Waals surface area contributed by atoms with Crippen LogP contribution in [0.25, 0.3) is 10.9 Å². The van der Waals surface area contributed by atoms with Crippen LogP contribution in [0.5, 0.6) is 11.5 Å². The van der Waals surface area contributed by atoms with Gasteiger partial charge in [0.1, 0.15) is 34.7 Å². The maximum atomic E-state index is 14.9. The van der Waals surface area contributed by atoms with Crippen LogP contribution in [-0.4, -0.2) is 90.3 Å². The summed E-state index contributed by atoms with van der Waals surface area (Å²) in [4.78, 5) is 63.4. The SMILES string of the molecule is COc1ccc2nc(C3CCC3)c3c(c2c1)CC[C@]1(C[C@H]2C(=O)N[C@]4(C(=O)NS(=O)(=O)C5(C)CC5)C[C@H]4/C=C\CCCCC[C@H](NC(=O)OCC(C)C)C(=O)N2C1)O3. The summed E-state index contributed by atoms with van der Waals surface area (Å²) in [7, 11) is -2.36. The topological polar surface area (TPSA) is 182 Å². The van der Waals surface area contributed by atoms with Gasteiger partial charge in [0.15, 0.2) is 0 Å². The molecule has 2 aromatic rings. The number of hydrogen-bond acceptors (Lipinski definition) is 10. The highest BCUT2D eigenvalue weighted by Crippen LogP contribution is 2.51. The van der Waals surface area contributed by atoms with Crippen molar-refractivity contribution in [2.75, 3.05) is 20.3 Å². The fourth-order valence-electron chi connectivity index (χ4n) is 9.05. The zero-order chi connectivity index (χ0) is 41.0. The van der Waals surface area contributed by atoms with E-state index >= 15 is 0 Å². The Bertz CT molecular complexity index is 2130. The lowest BCUT2D eigenvalue weighted by Gasteiger charge is -2.39. The molecule has 1 aromatic heterocycles. The van der Waals surface area contributed by atoms with Gasteiger partial charge in [-0.25, -0.2) is 18.2 Å². The predicted molar refractivity (Wildman–Crippen MR) is 216 cm³/mol. The first-order valence-corrected chi connectivity index (χ1v) is 22.6. The molecule has 4 heterocycles.